The maximum absolute atomic E-state index is 11.6. The first-order chi connectivity index (χ1) is 16.2. The summed E-state index contributed by atoms with van der Waals surface area (Å²) >= 11 is 12.1. The molecule has 176 valence electrons. The molecule has 0 aliphatic carbocycles. The van der Waals surface area contributed by atoms with Crippen LogP contribution in [0, 0.1) is 13.8 Å². The number of hydrogen-bond donors (Lipinski definition) is 3. The summed E-state index contributed by atoms with van der Waals surface area (Å²) in [5.41, 5.74) is 9.18. The number of esters is 1. The molecule has 12 heteroatoms. The van der Waals surface area contributed by atoms with Crippen LogP contribution in [0.3, 0.4) is 0 Å². The molecular weight excluding hydrogens is 481 g/mol. The number of amides is 1. The average Bonchev–Trinajstić information content (AvgIpc) is 3.35. The first kappa shape index (κ1) is 24.9. The van der Waals surface area contributed by atoms with Crippen molar-refractivity contribution < 1.29 is 14.3 Å². The van der Waals surface area contributed by atoms with Crippen LogP contribution in [0.5, 0.6) is 0 Å². The van der Waals surface area contributed by atoms with Gasteiger partial charge in [-0.3, -0.25) is 15.0 Å². The minimum Gasteiger partial charge on any atom is -0.461 e. The molecule has 10 nitrogen and oxygen atoms in total. The Labute approximate surface area is 204 Å². The van der Waals surface area contributed by atoms with Gasteiger partial charge in [-0.05, 0) is 45.0 Å². The summed E-state index contributed by atoms with van der Waals surface area (Å²) in [6.07, 6.45) is 0. The van der Waals surface area contributed by atoms with Crippen molar-refractivity contribution >= 4 is 35.1 Å². The largest absolute Gasteiger partial charge is 0.461 e. The molecule has 4 rings (SSSR count). The van der Waals surface area contributed by atoms with Gasteiger partial charge in [0, 0.05) is 0 Å². The number of aromatic nitrogens is 6. The van der Waals surface area contributed by atoms with Gasteiger partial charge in [-0.2, -0.15) is 10.2 Å². The van der Waals surface area contributed by atoms with Crippen molar-refractivity contribution in [3.63, 3.8) is 0 Å². The van der Waals surface area contributed by atoms with Gasteiger partial charge in [-0.15, -0.1) is 0 Å². The Bertz CT molecular complexity index is 1330. The maximum atomic E-state index is 11.6. The van der Waals surface area contributed by atoms with Crippen molar-refractivity contribution in [2.75, 3.05) is 6.61 Å². The molecule has 4 heterocycles. The van der Waals surface area contributed by atoms with Crippen molar-refractivity contribution in [3.8, 4) is 22.8 Å². The summed E-state index contributed by atoms with van der Waals surface area (Å²) < 4.78 is 4.89. The number of pyridine rings is 2. The molecule has 0 saturated carbocycles. The zero-order chi connectivity index (χ0) is 24.8. The number of halogens is 2. The summed E-state index contributed by atoms with van der Waals surface area (Å²) in [5.74, 6) is -1.03. The molecule has 0 aliphatic rings. The molecule has 34 heavy (non-hydrogen) atoms. The normalized spacial score (nSPS) is 10.4. The molecule has 0 aliphatic heterocycles. The molecule has 0 saturated heterocycles. The number of nitrogens with zero attached hydrogens (tertiary/aromatic N) is 4. The molecule has 0 atom stereocenters. The molecule has 4 N–H and O–H groups in total. The van der Waals surface area contributed by atoms with E-state index in [4.69, 9.17) is 33.7 Å². The highest BCUT2D eigenvalue weighted by molar-refractivity contribution is 6.34. The van der Waals surface area contributed by atoms with Gasteiger partial charge < -0.3 is 10.5 Å². The second-order valence-corrected chi connectivity index (χ2v) is 7.68. The van der Waals surface area contributed by atoms with Crippen LogP contribution in [0.4, 0.5) is 0 Å². The van der Waals surface area contributed by atoms with E-state index in [2.05, 4.69) is 30.4 Å². The summed E-state index contributed by atoms with van der Waals surface area (Å²) in [6.45, 7) is 5.67. The third-order valence-electron chi connectivity index (χ3n) is 4.47. The molecule has 0 radical (unpaired) electrons. The molecule has 4 aromatic rings. The molecule has 1 amide bonds. The van der Waals surface area contributed by atoms with E-state index in [1.165, 1.54) is 0 Å². The van der Waals surface area contributed by atoms with Crippen molar-refractivity contribution in [2.24, 2.45) is 5.73 Å². The Morgan fingerprint density at radius 3 is 1.76 bits per heavy atom. The maximum Gasteiger partial charge on any atom is 0.356 e. The first-order valence-electron chi connectivity index (χ1n) is 10.1. The molecule has 4 aromatic heterocycles. The van der Waals surface area contributed by atoms with Gasteiger partial charge in [0.15, 0.2) is 0 Å². The van der Waals surface area contributed by atoms with Crippen molar-refractivity contribution in [1.82, 2.24) is 30.4 Å². The van der Waals surface area contributed by atoms with Crippen LogP contribution in [0.15, 0.2) is 36.4 Å². The summed E-state index contributed by atoms with van der Waals surface area (Å²) in [6, 6.07) is 9.99. The third kappa shape index (κ3) is 5.59. The smallest absolute Gasteiger partial charge is 0.356 e. The Morgan fingerprint density at radius 1 is 0.882 bits per heavy atom. The van der Waals surface area contributed by atoms with E-state index in [0.717, 1.165) is 11.4 Å². The number of rotatable bonds is 5. The number of carbonyl (C=O) groups excluding carboxylic acids is 2. The highest BCUT2D eigenvalue weighted by atomic mass is 35.5. The highest BCUT2D eigenvalue weighted by Gasteiger charge is 2.15. The minimum absolute atomic E-state index is 0.189. The van der Waals surface area contributed by atoms with Crippen molar-refractivity contribution in [3.05, 3.63) is 69.2 Å². The predicted molar refractivity (Wildman–Crippen MR) is 128 cm³/mol. The second-order valence-electron chi connectivity index (χ2n) is 6.92. The van der Waals surface area contributed by atoms with Crippen molar-refractivity contribution in [2.45, 2.75) is 20.8 Å². The Morgan fingerprint density at radius 2 is 1.35 bits per heavy atom. The number of aryl methyl sites for hydroxylation is 2. The van der Waals surface area contributed by atoms with Gasteiger partial charge in [-0.25, -0.2) is 14.8 Å². The van der Waals surface area contributed by atoms with Crippen LogP contribution >= 0.6 is 23.2 Å². The third-order valence-corrected chi connectivity index (χ3v) is 5.39. The van der Waals surface area contributed by atoms with Crippen LogP contribution in [0.25, 0.3) is 22.8 Å². The molecular formula is C22H21Cl2N7O3. The fraction of sp³-hybridized carbons (Fsp3) is 0.182. The van der Waals surface area contributed by atoms with E-state index in [0.29, 0.717) is 39.4 Å². The molecule has 0 bridgehead atoms. The number of primary amides is 1. The van der Waals surface area contributed by atoms with E-state index in [1.807, 2.05) is 6.92 Å². The van der Waals surface area contributed by atoms with Crippen molar-refractivity contribution in [1.29, 1.82) is 0 Å². The highest BCUT2D eigenvalue weighted by Crippen LogP contribution is 2.27. The Balaban J connectivity index is 0.000000192. The van der Waals surface area contributed by atoms with Crippen LogP contribution in [0.1, 0.15) is 39.3 Å². The number of carbonyl (C=O) groups is 2. The van der Waals surface area contributed by atoms with Crippen LogP contribution in [-0.2, 0) is 4.74 Å². The summed E-state index contributed by atoms with van der Waals surface area (Å²) in [5, 5.41) is 14.6. The summed E-state index contributed by atoms with van der Waals surface area (Å²) in [4.78, 5) is 30.8. The van der Waals surface area contributed by atoms with Gasteiger partial charge in [0.05, 0.1) is 39.4 Å². The minimum atomic E-state index is -0.578. The topological polar surface area (TPSA) is 153 Å². The second kappa shape index (κ2) is 10.9. The first-order valence-corrected chi connectivity index (χ1v) is 10.8. The Kier molecular flexibility index (Phi) is 7.98. The predicted octanol–water partition coefficient (Wildman–Crippen LogP) is 4.14. The van der Waals surface area contributed by atoms with E-state index in [9.17, 15) is 9.59 Å². The molecule has 0 spiro atoms. The van der Waals surface area contributed by atoms with E-state index < -0.39 is 11.9 Å². The number of ether oxygens (including phenoxy) is 1. The number of nitrogens with one attached hydrogen (secondary N) is 2. The Hall–Kier alpha value is -3.76. The lowest BCUT2D eigenvalue weighted by Gasteiger charge is -2.02. The number of aromatic amines is 2. The molecule has 0 aromatic carbocycles. The van der Waals surface area contributed by atoms with Crippen LogP contribution in [-0.4, -0.2) is 48.8 Å². The quantitative estimate of drug-likeness (QED) is 0.347. The van der Waals surface area contributed by atoms with Gasteiger partial charge in [-0.1, -0.05) is 35.3 Å². The van der Waals surface area contributed by atoms with E-state index in [1.54, 1.807) is 50.2 Å². The van der Waals surface area contributed by atoms with E-state index >= 15 is 0 Å². The molecule has 0 fully saturated rings. The monoisotopic (exact) mass is 501 g/mol. The lowest BCUT2D eigenvalue weighted by Crippen LogP contribution is -2.13. The van der Waals surface area contributed by atoms with Gasteiger partial charge in [0.1, 0.15) is 22.8 Å². The van der Waals surface area contributed by atoms with Crippen LogP contribution < -0.4 is 5.73 Å². The van der Waals surface area contributed by atoms with Crippen LogP contribution in [0.2, 0.25) is 10.0 Å². The molecule has 0 unspecified atom stereocenters. The summed E-state index contributed by atoms with van der Waals surface area (Å²) in [7, 11) is 0. The number of nitrogens with two attached hydrogens (primary N) is 1. The van der Waals surface area contributed by atoms with Gasteiger partial charge in [0.2, 0.25) is 0 Å². The zero-order valence-electron chi connectivity index (χ0n) is 18.5. The fourth-order valence-electron chi connectivity index (χ4n) is 2.76. The standard InChI is InChI=1S/C12H12ClN3O2.C10H9ClN4O/c1-3-18-12(17)9-6-4-5-8(14-9)11-10(13)7(2)15-16-11;1-5-8(11)9(15-14-5)6-3-2-4-7(13-6)10(12)16/h4-6H,3H2,1-2H3,(H,15,16);2-4H,1H3,(H2,12,16)(H,14,15). The fourth-order valence-corrected chi connectivity index (χ4v) is 3.12. The lowest BCUT2D eigenvalue weighted by molar-refractivity contribution is 0.0519. The number of hydrogen-bond acceptors (Lipinski definition) is 7. The average molecular weight is 502 g/mol. The van der Waals surface area contributed by atoms with E-state index in [-0.39, 0.29) is 11.4 Å². The SMILES string of the molecule is CCOC(=O)c1cccc(-c2n[nH]c(C)c2Cl)n1.Cc1[nH]nc(-c2cccc(C(N)=O)n2)c1Cl. The lowest BCUT2D eigenvalue weighted by atomic mass is 10.2. The zero-order valence-corrected chi connectivity index (χ0v) is 20.0. The number of H-pyrrole nitrogens is 2. The van der Waals surface area contributed by atoms with Gasteiger partial charge >= 0.3 is 5.97 Å². The van der Waals surface area contributed by atoms with Gasteiger partial charge in [0.25, 0.3) is 5.91 Å².